The Morgan fingerprint density at radius 2 is 0.395 bits per heavy atom. The van der Waals surface area contributed by atoms with Crippen LogP contribution in [0.15, 0.2) is 0 Å². The van der Waals surface area contributed by atoms with E-state index in [4.69, 9.17) is 14.3 Å². The van der Waals surface area contributed by atoms with Gasteiger partial charge in [0, 0.05) is 0 Å². The zero-order valence-corrected chi connectivity index (χ0v) is 33.9. The maximum atomic E-state index is 11.2. The van der Waals surface area contributed by atoms with Crippen molar-refractivity contribution in [1.82, 2.24) is 24.6 Å². The van der Waals surface area contributed by atoms with Crippen molar-refractivity contribution in [2.75, 3.05) is 0 Å². The van der Waals surface area contributed by atoms with E-state index in [2.05, 4.69) is 12.3 Å². The van der Waals surface area contributed by atoms with Crippen LogP contribution in [0.2, 0.25) is 0 Å². The fourth-order valence-electron chi connectivity index (χ4n) is 0.669. The van der Waals surface area contributed by atoms with Gasteiger partial charge >= 0.3 is 216 Å². The van der Waals surface area contributed by atoms with Crippen molar-refractivity contribution in [3.8, 4) is 0 Å². The summed E-state index contributed by atoms with van der Waals surface area (Å²) in [6.07, 6.45) is 0. The van der Waals surface area contributed by atoms with Crippen LogP contribution in [-0.2, 0) is 201 Å². The first kappa shape index (κ1) is 52.4. The number of hydrogen-bond donors (Lipinski definition) is 4. The zero-order valence-electron chi connectivity index (χ0n) is 17.9. The van der Waals surface area contributed by atoms with Crippen LogP contribution in [0.5, 0.6) is 0 Å². The first-order chi connectivity index (χ1) is 14.2. The summed E-state index contributed by atoms with van der Waals surface area (Å²) in [5.74, 6) is 0. The van der Waals surface area contributed by atoms with Crippen LogP contribution in [-0.4, -0.2) is 0 Å². The Morgan fingerprint density at radius 3 is 0.500 bits per heavy atom. The van der Waals surface area contributed by atoms with Crippen LogP contribution in [0.25, 0.3) is 0 Å². The van der Waals surface area contributed by atoms with Gasteiger partial charge in [-0.05, 0) is 0 Å². The molecule has 0 heterocycles. The van der Waals surface area contributed by atoms with Gasteiger partial charge in [-0.25, -0.2) is 0 Å². The molecule has 240 valence electrons. The van der Waals surface area contributed by atoms with Gasteiger partial charge in [-0.15, -0.1) is 0 Å². The molecule has 0 rings (SSSR count). The third kappa shape index (κ3) is 35.8. The van der Waals surface area contributed by atoms with Gasteiger partial charge < -0.3 is 24.6 Å². The second-order valence-corrected chi connectivity index (χ2v) is 33.6. The van der Waals surface area contributed by atoms with E-state index in [0.29, 0.717) is 0 Å². The summed E-state index contributed by atoms with van der Waals surface area (Å²) in [4.78, 5) is 0. The normalized spacial score (nSPS) is 13.2. The first-order valence-corrected chi connectivity index (χ1v) is 31.6. The molecule has 0 radical (unpaired) electrons. The summed E-state index contributed by atoms with van der Waals surface area (Å²) in [7, 11) is 0. The molecule has 16 N–H and O–H groups in total. The first-order valence-electron chi connectivity index (χ1n) is 5.33. The number of quaternary nitrogens is 4. The van der Waals surface area contributed by atoms with E-state index >= 15 is 0 Å². The summed E-state index contributed by atoms with van der Waals surface area (Å²) in [6.45, 7) is 0. The van der Waals surface area contributed by atoms with E-state index < -0.39 is 134 Å². The average molecular weight is 1260 g/mol. The molecule has 0 spiro atoms. The molecule has 0 unspecified atom stereocenters. The van der Waals surface area contributed by atoms with E-state index in [1.807, 2.05) is 0 Å². The summed E-state index contributed by atoms with van der Waals surface area (Å²) in [5.41, 5.74) is 0. The van der Waals surface area contributed by atoms with Crippen LogP contribution in [0.1, 0.15) is 0 Å². The van der Waals surface area contributed by atoms with Crippen LogP contribution in [0.3, 0.4) is 0 Å². The Morgan fingerprint density at radius 1 is 0.289 bits per heavy atom. The molecule has 0 bridgehead atoms. The Balaban J connectivity index is -0.000000259. The Hall–Kier alpha value is 1.75. The Labute approximate surface area is 236 Å². The standard InChI is InChI=1S/8Mo.4H3N.26O/h;;;;;;;;4*1H3;;;;;;;;;;;;;;;;;;;;;;;;;;/q;;;;;;;;;;;;;;;;;;;;;;;;;;;;;;;;;;4*-1/p+4. The van der Waals surface area contributed by atoms with Crippen LogP contribution >= 0.6 is 0 Å². The van der Waals surface area contributed by atoms with Gasteiger partial charge in [0.1, 0.15) is 0 Å². The van der Waals surface area contributed by atoms with Crippen molar-refractivity contribution in [1.29, 1.82) is 0 Å². The predicted octanol–water partition coefficient (Wildman–Crippen LogP) is -5.58. The van der Waals surface area contributed by atoms with Gasteiger partial charge in [0.25, 0.3) is 0 Å². The SMILES string of the molecule is [NH4+].[NH4+].[NH4+].[NH4+].[O]=[Mo](=[O])([O-])[O-].[O]=[Mo](=[O])([O-])[O][Mo](=[O])(=[O])[O][Mo](=[O])(=[O])[O][Mo](=[O])(=[O])[O][Mo](=[O])(=[O])[O][Mo](=[O])(=[O])[O][Mo](=[O])(=[O])[O-]. The van der Waals surface area contributed by atoms with Gasteiger partial charge in [-0.3, -0.25) is 0 Å². The van der Waals surface area contributed by atoms with E-state index in [0.717, 1.165) is 0 Å². The molecule has 0 fully saturated rings. The fraction of sp³-hybridized carbons (Fsp3) is 0. The van der Waals surface area contributed by atoms with Gasteiger partial charge in [0.2, 0.25) is 0 Å². The molecule has 0 atom stereocenters. The van der Waals surface area contributed by atoms with E-state index in [1.54, 1.807) is 0 Å². The van der Waals surface area contributed by atoms with Crippen molar-refractivity contribution in [2.45, 2.75) is 0 Å². The Kier molecular flexibility index (Phi) is 24.5. The molecular weight excluding hydrogens is 1240 g/mol. The number of hydrogen-bond acceptors (Lipinski definition) is 26. The predicted molar refractivity (Wildman–Crippen MR) is 41.4 cm³/mol. The third-order valence-corrected chi connectivity index (χ3v) is 35.0. The monoisotopic (exact) mass is 1270 g/mol. The molecule has 0 amide bonds. The van der Waals surface area contributed by atoms with Crippen molar-refractivity contribution >= 4 is 0 Å². The minimum atomic E-state index is -7.77. The van der Waals surface area contributed by atoms with Crippen molar-refractivity contribution < 1.29 is 216 Å². The van der Waals surface area contributed by atoms with Crippen molar-refractivity contribution in [3.63, 3.8) is 0 Å². The average Bonchev–Trinajstić information content (AvgIpc) is 2.20. The van der Waals surface area contributed by atoms with Gasteiger partial charge in [-0.1, -0.05) is 0 Å². The summed E-state index contributed by atoms with van der Waals surface area (Å²) in [6, 6.07) is 0. The topological polar surface area (TPSA) is 567 Å². The third-order valence-electron chi connectivity index (χ3n) is 1.00. The molecule has 38 heavy (non-hydrogen) atoms. The molecular formula is H16Mo8N4O26. The van der Waals surface area contributed by atoms with Gasteiger partial charge in [-0.2, -0.15) is 0 Å². The summed E-state index contributed by atoms with van der Waals surface area (Å²) in [5, 5.41) is 0. The minimum absolute atomic E-state index is 0. The zero-order chi connectivity index (χ0) is 28.2. The van der Waals surface area contributed by atoms with Crippen molar-refractivity contribution in [2.24, 2.45) is 0 Å². The molecule has 0 aromatic heterocycles. The molecule has 0 aliphatic heterocycles. The molecule has 0 saturated heterocycles. The molecule has 0 aliphatic rings. The molecule has 30 nitrogen and oxygen atoms in total. The van der Waals surface area contributed by atoms with E-state index in [-0.39, 0.29) is 24.6 Å². The second kappa shape index (κ2) is 17.8. The van der Waals surface area contributed by atoms with E-state index in [1.165, 1.54) is 0 Å². The summed E-state index contributed by atoms with van der Waals surface area (Å²) >= 11 is -58.6. The van der Waals surface area contributed by atoms with Gasteiger partial charge in [0.15, 0.2) is 0 Å². The maximum absolute atomic E-state index is 11.2. The molecule has 0 aromatic carbocycles. The van der Waals surface area contributed by atoms with Crippen molar-refractivity contribution in [3.05, 3.63) is 0 Å². The molecule has 38 heteroatoms. The van der Waals surface area contributed by atoms with E-state index in [9.17, 15) is 55.1 Å². The molecule has 0 saturated carbocycles. The Bertz CT molecular complexity index is 1480. The van der Waals surface area contributed by atoms with Crippen LogP contribution in [0, 0.1) is 0 Å². The van der Waals surface area contributed by atoms with Crippen LogP contribution < -0.4 is 39.6 Å². The quantitative estimate of drug-likeness (QED) is 0.132. The fourth-order valence-corrected chi connectivity index (χ4v) is 33.2. The number of rotatable bonds is 12. The molecule has 0 aliphatic carbocycles. The van der Waals surface area contributed by atoms with Gasteiger partial charge in [0.05, 0.1) is 0 Å². The second-order valence-electron chi connectivity index (χ2n) is 3.67. The summed E-state index contributed by atoms with van der Waals surface area (Å²) < 4.78 is 224. The van der Waals surface area contributed by atoms with Crippen LogP contribution in [0.4, 0.5) is 0 Å². The molecule has 0 aromatic rings.